The number of nitrogens with one attached hydrogen (secondary N) is 1. The van der Waals surface area contributed by atoms with Crippen LogP contribution in [0.1, 0.15) is 23.7 Å². The summed E-state index contributed by atoms with van der Waals surface area (Å²) in [6.45, 7) is 8.28. The van der Waals surface area contributed by atoms with E-state index in [-0.39, 0.29) is 29.1 Å². The molecule has 1 unspecified atom stereocenters. The van der Waals surface area contributed by atoms with E-state index in [1.807, 2.05) is 6.92 Å². The van der Waals surface area contributed by atoms with Crippen LogP contribution in [0.2, 0.25) is 0 Å². The summed E-state index contributed by atoms with van der Waals surface area (Å²) in [7, 11) is 0. The summed E-state index contributed by atoms with van der Waals surface area (Å²) in [5.74, 6) is -2.88. The van der Waals surface area contributed by atoms with Crippen LogP contribution in [-0.2, 0) is 6.54 Å². The number of hydrogen-bond donors (Lipinski definition) is 2. The van der Waals surface area contributed by atoms with Crippen molar-refractivity contribution < 1.29 is 18.7 Å². The third kappa shape index (κ3) is 3.52. The summed E-state index contributed by atoms with van der Waals surface area (Å²) in [5.41, 5.74) is -1.72. The molecule has 1 atom stereocenters. The zero-order valence-corrected chi connectivity index (χ0v) is 15.7. The number of aromatic nitrogens is 1. The predicted octanol–water partition coefficient (Wildman–Crippen LogP) is 2.60. The van der Waals surface area contributed by atoms with Crippen LogP contribution < -0.4 is 15.6 Å². The molecule has 1 aliphatic heterocycles. The van der Waals surface area contributed by atoms with Crippen molar-refractivity contribution in [2.75, 3.05) is 31.1 Å². The van der Waals surface area contributed by atoms with Gasteiger partial charge in [0.15, 0.2) is 5.82 Å². The number of nitrogens with zero attached hydrogens (tertiary/aromatic N) is 2. The van der Waals surface area contributed by atoms with Crippen LogP contribution >= 0.6 is 0 Å². The highest BCUT2D eigenvalue weighted by Crippen LogP contribution is 2.33. The number of fused-ring (bicyclic) bond motifs is 1. The number of carboxylic acids is 1. The Labute approximate surface area is 161 Å². The molecule has 0 amide bonds. The Morgan fingerprint density at radius 1 is 1.46 bits per heavy atom. The van der Waals surface area contributed by atoms with Crippen molar-refractivity contribution in [3.05, 3.63) is 52.3 Å². The van der Waals surface area contributed by atoms with Gasteiger partial charge in [0.25, 0.3) is 0 Å². The van der Waals surface area contributed by atoms with Crippen LogP contribution in [0.25, 0.3) is 10.9 Å². The highest BCUT2D eigenvalue weighted by atomic mass is 19.1. The molecule has 0 saturated carbocycles. The van der Waals surface area contributed by atoms with Crippen molar-refractivity contribution in [2.24, 2.45) is 5.92 Å². The SMILES string of the molecule is C=CCn1cc(C(=O)O)c(=O)c2cc(F)c(N3CCC(CNCC)C3)c(F)c21. The van der Waals surface area contributed by atoms with E-state index in [2.05, 4.69) is 11.9 Å². The normalized spacial score (nSPS) is 16.7. The van der Waals surface area contributed by atoms with Crippen molar-refractivity contribution in [2.45, 2.75) is 19.9 Å². The Balaban J connectivity index is 2.15. The Bertz CT molecular complexity index is 987. The van der Waals surface area contributed by atoms with Crippen LogP contribution in [0.5, 0.6) is 0 Å². The molecule has 1 aromatic carbocycles. The Kier molecular flexibility index (Phi) is 5.79. The Morgan fingerprint density at radius 3 is 2.86 bits per heavy atom. The Hall–Kier alpha value is -2.74. The molecule has 1 aliphatic rings. The van der Waals surface area contributed by atoms with Gasteiger partial charge in [-0.2, -0.15) is 0 Å². The lowest BCUT2D eigenvalue weighted by Gasteiger charge is -2.22. The number of pyridine rings is 1. The molecule has 3 rings (SSSR count). The van der Waals surface area contributed by atoms with E-state index in [0.717, 1.165) is 31.8 Å². The fraction of sp³-hybridized carbons (Fsp3) is 0.400. The molecule has 0 aliphatic carbocycles. The fourth-order valence-corrected chi connectivity index (χ4v) is 3.75. The van der Waals surface area contributed by atoms with Crippen molar-refractivity contribution in [3.8, 4) is 0 Å². The molecule has 8 heteroatoms. The minimum Gasteiger partial charge on any atom is -0.477 e. The van der Waals surface area contributed by atoms with Crippen LogP contribution in [-0.4, -0.2) is 41.8 Å². The van der Waals surface area contributed by atoms with E-state index >= 15 is 4.39 Å². The van der Waals surface area contributed by atoms with E-state index in [1.165, 1.54) is 10.6 Å². The fourth-order valence-electron chi connectivity index (χ4n) is 3.75. The standard InChI is InChI=1S/C20H23F2N3O3/c1-3-6-24-11-14(20(27)28)19(26)13-8-15(21)18(16(22)17(13)24)25-7-5-12(10-25)9-23-4-2/h3,8,11-12,23H,1,4-7,9-10H2,2H3,(H,27,28). The number of aromatic carboxylic acids is 1. The second kappa shape index (κ2) is 8.10. The molecule has 0 bridgehead atoms. The number of carboxylic acid groups (broad SMARTS) is 1. The van der Waals surface area contributed by atoms with Gasteiger partial charge in [0.05, 0.1) is 10.9 Å². The average Bonchev–Trinajstić information content (AvgIpc) is 3.10. The molecule has 1 fully saturated rings. The second-order valence-electron chi connectivity index (χ2n) is 6.94. The van der Waals surface area contributed by atoms with E-state index in [4.69, 9.17) is 0 Å². The zero-order valence-electron chi connectivity index (χ0n) is 15.7. The smallest absolute Gasteiger partial charge is 0.341 e. The first-order chi connectivity index (χ1) is 13.4. The van der Waals surface area contributed by atoms with Crippen LogP contribution in [0, 0.1) is 17.6 Å². The van der Waals surface area contributed by atoms with Gasteiger partial charge in [-0.25, -0.2) is 13.6 Å². The van der Waals surface area contributed by atoms with Gasteiger partial charge >= 0.3 is 5.97 Å². The summed E-state index contributed by atoms with van der Waals surface area (Å²) in [5, 5.41) is 12.2. The second-order valence-corrected chi connectivity index (χ2v) is 6.94. The molecule has 1 aromatic heterocycles. The van der Waals surface area contributed by atoms with Gasteiger partial charge in [-0.1, -0.05) is 13.0 Å². The summed E-state index contributed by atoms with van der Waals surface area (Å²) in [4.78, 5) is 25.5. The summed E-state index contributed by atoms with van der Waals surface area (Å²) in [6, 6.07) is 0.944. The lowest BCUT2D eigenvalue weighted by molar-refractivity contribution is 0.0695. The molecule has 0 spiro atoms. The maximum atomic E-state index is 15.4. The lowest BCUT2D eigenvalue weighted by Crippen LogP contribution is -2.28. The van der Waals surface area contributed by atoms with Crippen molar-refractivity contribution in [3.63, 3.8) is 0 Å². The molecular formula is C20H23F2N3O3. The average molecular weight is 391 g/mol. The van der Waals surface area contributed by atoms with Gasteiger partial charge in [0, 0.05) is 25.8 Å². The molecule has 6 nitrogen and oxygen atoms in total. The van der Waals surface area contributed by atoms with Crippen molar-refractivity contribution in [1.82, 2.24) is 9.88 Å². The summed E-state index contributed by atoms with van der Waals surface area (Å²) < 4.78 is 31.5. The number of carbonyl (C=O) groups is 1. The van der Waals surface area contributed by atoms with E-state index < -0.39 is 28.6 Å². The number of anilines is 1. The minimum absolute atomic E-state index is 0.0854. The molecule has 150 valence electrons. The third-order valence-corrected chi connectivity index (χ3v) is 5.07. The maximum Gasteiger partial charge on any atom is 0.341 e. The van der Waals surface area contributed by atoms with Gasteiger partial charge in [0.1, 0.15) is 17.1 Å². The molecule has 0 radical (unpaired) electrons. The Morgan fingerprint density at radius 2 is 2.21 bits per heavy atom. The first kappa shape index (κ1) is 20.0. The number of benzene rings is 1. The highest BCUT2D eigenvalue weighted by molar-refractivity contribution is 5.93. The summed E-state index contributed by atoms with van der Waals surface area (Å²) >= 11 is 0. The largest absolute Gasteiger partial charge is 0.477 e. The van der Waals surface area contributed by atoms with Gasteiger partial charge in [-0.3, -0.25) is 4.79 Å². The van der Waals surface area contributed by atoms with Crippen molar-refractivity contribution >= 4 is 22.6 Å². The van der Waals surface area contributed by atoms with Crippen LogP contribution in [0.15, 0.2) is 29.7 Å². The quantitative estimate of drug-likeness (QED) is 0.710. The number of hydrogen-bond acceptors (Lipinski definition) is 4. The van der Waals surface area contributed by atoms with Gasteiger partial charge < -0.3 is 19.9 Å². The molecular weight excluding hydrogens is 368 g/mol. The first-order valence-electron chi connectivity index (χ1n) is 9.24. The number of halogens is 2. The lowest BCUT2D eigenvalue weighted by atomic mass is 10.1. The first-order valence-corrected chi connectivity index (χ1v) is 9.24. The molecule has 2 N–H and O–H groups in total. The zero-order chi connectivity index (χ0) is 20.4. The van der Waals surface area contributed by atoms with E-state index in [0.29, 0.717) is 13.1 Å². The monoisotopic (exact) mass is 391 g/mol. The topological polar surface area (TPSA) is 74.6 Å². The molecule has 1 saturated heterocycles. The van der Waals surface area contributed by atoms with E-state index in [9.17, 15) is 19.1 Å². The predicted molar refractivity (Wildman–Crippen MR) is 104 cm³/mol. The molecule has 2 aromatic rings. The van der Waals surface area contributed by atoms with Crippen molar-refractivity contribution in [1.29, 1.82) is 0 Å². The van der Waals surface area contributed by atoms with Gasteiger partial charge in [0.2, 0.25) is 5.43 Å². The molecule has 2 heterocycles. The third-order valence-electron chi connectivity index (χ3n) is 5.07. The van der Waals surface area contributed by atoms with Crippen LogP contribution in [0.4, 0.5) is 14.5 Å². The summed E-state index contributed by atoms with van der Waals surface area (Å²) in [6.07, 6.45) is 3.35. The maximum absolute atomic E-state index is 15.4. The highest BCUT2D eigenvalue weighted by Gasteiger charge is 2.29. The number of rotatable bonds is 7. The van der Waals surface area contributed by atoms with Gasteiger partial charge in [-0.15, -0.1) is 6.58 Å². The minimum atomic E-state index is -1.44. The van der Waals surface area contributed by atoms with E-state index in [1.54, 1.807) is 4.90 Å². The van der Waals surface area contributed by atoms with Gasteiger partial charge in [-0.05, 0) is 31.5 Å². The van der Waals surface area contributed by atoms with Crippen LogP contribution in [0.3, 0.4) is 0 Å². The molecule has 28 heavy (non-hydrogen) atoms. The number of allylic oxidation sites excluding steroid dienone is 1.